The Kier molecular flexibility index (Phi) is 6.61. The number of aliphatic hydroxyl groups is 1. The predicted molar refractivity (Wildman–Crippen MR) is 70.0 cm³/mol. The average Bonchev–Trinajstić information content (AvgIpc) is 2.21. The fourth-order valence-corrected chi connectivity index (χ4v) is 3.04. The maximum Gasteiger partial charge on any atom is 0.281 e. The van der Waals surface area contributed by atoms with Crippen LogP contribution in [0.4, 0.5) is 0 Å². The highest BCUT2D eigenvalue weighted by Gasteiger charge is 2.29. The number of hydrogen-bond acceptors (Lipinski definition) is 3. The molecule has 6 heteroatoms. The van der Waals surface area contributed by atoms with Crippen LogP contribution >= 0.6 is 0 Å². The zero-order valence-corrected chi connectivity index (χ0v) is 12.4. The van der Waals surface area contributed by atoms with E-state index in [1.54, 1.807) is 14.0 Å². The lowest BCUT2D eigenvalue weighted by Gasteiger charge is -2.31. The molecular formula is C11H26N2O3S. The van der Waals surface area contributed by atoms with Crippen molar-refractivity contribution in [2.75, 3.05) is 33.3 Å². The van der Waals surface area contributed by atoms with Crippen molar-refractivity contribution in [3.63, 3.8) is 0 Å². The van der Waals surface area contributed by atoms with Gasteiger partial charge in [0.2, 0.25) is 0 Å². The summed E-state index contributed by atoms with van der Waals surface area (Å²) in [6.07, 6.45) is 0.465. The Morgan fingerprint density at radius 2 is 1.76 bits per heavy atom. The van der Waals surface area contributed by atoms with Crippen molar-refractivity contribution >= 4 is 10.2 Å². The van der Waals surface area contributed by atoms with Crippen molar-refractivity contribution in [1.82, 2.24) is 8.61 Å². The van der Waals surface area contributed by atoms with Gasteiger partial charge in [-0.05, 0) is 11.8 Å². The summed E-state index contributed by atoms with van der Waals surface area (Å²) in [5.74, 6) is 0. The summed E-state index contributed by atoms with van der Waals surface area (Å²) in [6, 6.07) is 0. The third-order valence-electron chi connectivity index (χ3n) is 2.38. The Morgan fingerprint density at radius 3 is 2.12 bits per heavy atom. The van der Waals surface area contributed by atoms with Crippen molar-refractivity contribution < 1.29 is 13.5 Å². The minimum Gasteiger partial charge on any atom is -0.396 e. The van der Waals surface area contributed by atoms with E-state index < -0.39 is 10.2 Å². The van der Waals surface area contributed by atoms with Gasteiger partial charge in [-0.25, -0.2) is 0 Å². The minimum atomic E-state index is -3.40. The predicted octanol–water partition coefficient (Wildman–Crippen LogP) is 0.913. The Bertz CT molecular complexity index is 309. The van der Waals surface area contributed by atoms with Crippen LogP contribution in [0.1, 0.15) is 34.1 Å². The first-order chi connectivity index (χ1) is 7.65. The lowest BCUT2D eigenvalue weighted by atomic mass is 9.97. The van der Waals surface area contributed by atoms with Crippen LogP contribution in [0.5, 0.6) is 0 Å². The highest BCUT2D eigenvalue weighted by Crippen LogP contribution is 2.19. The van der Waals surface area contributed by atoms with Crippen molar-refractivity contribution in [1.29, 1.82) is 0 Å². The van der Waals surface area contributed by atoms with Gasteiger partial charge in [0.25, 0.3) is 10.2 Å². The first kappa shape index (κ1) is 16.8. The number of aliphatic hydroxyl groups excluding tert-OH is 1. The molecule has 0 aromatic carbocycles. The number of rotatable bonds is 7. The van der Waals surface area contributed by atoms with E-state index in [0.29, 0.717) is 26.1 Å². The Hall–Kier alpha value is -0.170. The molecule has 0 aliphatic heterocycles. The van der Waals surface area contributed by atoms with Gasteiger partial charge in [0, 0.05) is 33.3 Å². The van der Waals surface area contributed by atoms with Crippen LogP contribution in [-0.2, 0) is 10.2 Å². The van der Waals surface area contributed by atoms with Crippen LogP contribution in [0.25, 0.3) is 0 Å². The largest absolute Gasteiger partial charge is 0.396 e. The molecule has 0 aliphatic carbocycles. The average molecular weight is 266 g/mol. The van der Waals surface area contributed by atoms with Crippen molar-refractivity contribution in [3.05, 3.63) is 0 Å². The maximum atomic E-state index is 12.2. The van der Waals surface area contributed by atoms with E-state index in [1.165, 1.54) is 8.61 Å². The molecule has 0 amide bonds. The number of nitrogens with zero attached hydrogens (tertiary/aromatic N) is 2. The SMILES string of the molecule is CCN(C)S(=O)(=O)N(CCCO)CC(C)(C)C. The lowest BCUT2D eigenvalue weighted by molar-refractivity contribution is 0.233. The van der Waals surface area contributed by atoms with Gasteiger partial charge in [-0.3, -0.25) is 0 Å². The Labute approximate surface area is 106 Å². The normalized spacial score (nSPS) is 13.6. The van der Waals surface area contributed by atoms with Gasteiger partial charge in [-0.2, -0.15) is 17.0 Å². The third-order valence-corrected chi connectivity index (χ3v) is 4.39. The van der Waals surface area contributed by atoms with E-state index in [1.807, 2.05) is 20.8 Å². The van der Waals surface area contributed by atoms with Crippen molar-refractivity contribution in [2.24, 2.45) is 5.41 Å². The molecule has 0 saturated carbocycles. The molecule has 0 aromatic heterocycles. The van der Waals surface area contributed by atoms with E-state index in [0.717, 1.165) is 0 Å². The zero-order chi connectivity index (χ0) is 13.7. The molecule has 0 aliphatic rings. The van der Waals surface area contributed by atoms with Crippen LogP contribution < -0.4 is 0 Å². The minimum absolute atomic E-state index is 0.00595. The van der Waals surface area contributed by atoms with Crippen molar-refractivity contribution in [3.8, 4) is 0 Å². The van der Waals surface area contributed by atoms with Gasteiger partial charge < -0.3 is 5.11 Å². The molecule has 0 saturated heterocycles. The third kappa shape index (κ3) is 5.81. The Morgan fingerprint density at radius 1 is 1.24 bits per heavy atom. The van der Waals surface area contributed by atoms with Crippen molar-refractivity contribution in [2.45, 2.75) is 34.1 Å². The monoisotopic (exact) mass is 266 g/mol. The van der Waals surface area contributed by atoms with Gasteiger partial charge in [-0.1, -0.05) is 27.7 Å². The summed E-state index contributed by atoms with van der Waals surface area (Å²) >= 11 is 0. The second-order valence-electron chi connectivity index (χ2n) is 5.39. The molecule has 5 nitrogen and oxygen atoms in total. The molecule has 0 bridgehead atoms. The maximum absolute atomic E-state index is 12.2. The molecule has 104 valence electrons. The zero-order valence-electron chi connectivity index (χ0n) is 11.6. The molecule has 0 heterocycles. The summed E-state index contributed by atoms with van der Waals surface area (Å²) in [5.41, 5.74) is -0.100. The van der Waals surface area contributed by atoms with E-state index in [9.17, 15) is 8.42 Å². The topological polar surface area (TPSA) is 60.9 Å². The van der Waals surface area contributed by atoms with Crippen LogP contribution in [0.15, 0.2) is 0 Å². The summed E-state index contributed by atoms with van der Waals surface area (Å²) in [4.78, 5) is 0. The van der Waals surface area contributed by atoms with E-state index in [-0.39, 0.29) is 12.0 Å². The smallest absolute Gasteiger partial charge is 0.281 e. The standard InChI is InChI=1S/C11H26N2O3S/c1-6-12(5)17(15,16)13(8-7-9-14)10-11(2,3)4/h14H,6-10H2,1-5H3. The highest BCUT2D eigenvalue weighted by molar-refractivity contribution is 7.86. The molecule has 0 aromatic rings. The Balaban J connectivity index is 4.91. The van der Waals surface area contributed by atoms with Crippen LogP contribution in [0.3, 0.4) is 0 Å². The van der Waals surface area contributed by atoms with E-state index >= 15 is 0 Å². The number of hydrogen-bond donors (Lipinski definition) is 1. The van der Waals surface area contributed by atoms with Gasteiger partial charge in [0.1, 0.15) is 0 Å². The first-order valence-corrected chi connectivity index (χ1v) is 7.37. The molecule has 17 heavy (non-hydrogen) atoms. The highest BCUT2D eigenvalue weighted by atomic mass is 32.2. The second-order valence-corrected chi connectivity index (χ2v) is 7.43. The molecule has 1 N–H and O–H groups in total. The van der Waals surface area contributed by atoms with Gasteiger partial charge >= 0.3 is 0 Å². The fraction of sp³-hybridized carbons (Fsp3) is 1.00. The van der Waals surface area contributed by atoms with Crippen LogP contribution in [-0.4, -0.2) is 55.4 Å². The van der Waals surface area contributed by atoms with Gasteiger partial charge in [0.15, 0.2) is 0 Å². The molecule has 0 atom stereocenters. The molecule has 0 unspecified atom stereocenters. The molecule has 0 fully saturated rings. The second kappa shape index (κ2) is 6.68. The molecule has 0 rings (SSSR count). The van der Waals surface area contributed by atoms with Gasteiger partial charge in [-0.15, -0.1) is 0 Å². The summed E-state index contributed by atoms with van der Waals surface area (Å²) in [6.45, 7) is 9.08. The van der Waals surface area contributed by atoms with E-state index in [4.69, 9.17) is 5.11 Å². The van der Waals surface area contributed by atoms with Crippen LogP contribution in [0.2, 0.25) is 0 Å². The van der Waals surface area contributed by atoms with Crippen LogP contribution in [0, 0.1) is 5.41 Å². The summed E-state index contributed by atoms with van der Waals surface area (Å²) in [5, 5.41) is 8.84. The first-order valence-electron chi connectivity index (χ1n) is 5.97. The van der Waals surface area contributed by atoms with E-state index in [2.05, 4.69) is 0 Å². The fourth-order valence-electron chi connectivity index (χ4n) is 1.41. The molecular weight excluding hydrogens is 240 g/mol. The molecule has 0 spiro atoms. The summed E-state index contributed by atoms with van der Waals surface area (Å²) in [7, 11) is -1.83. The van der Waals surface area contributed by atoms with Gasteiger partial charge in [0.05, 0.1) is 0 Å². The lowest BCUT2D eigenvalue weighted by Crippen LogP contribution is -2.45. The molecule has 0 radical (unpaired) electrons. The summed E-state index contributed by atoms with van der Waals surface area (Å²) < 4.78 is 27.2. The quantitative estimate of drug-likeness (QED) is 0.745.